The molecule has 1 aliphatic carbocycles. The summed E-state index contributed by atoms with van der Waals surface area (Å²) < 4.78 is 5.17. The highest BCUT2D eigenvalue weighted by molar-refractivity contribution is 5.23. The molecule has 0 heterocycles. The van der Waals surface area contributed by atoms with E-state index < -0.39 is 0 Å². The monoisotopic (exact) mass is 247 g/mol. The third-order valence-corrected chi connectivity index (χ3v) is 4.05. The van der Waals surface area contributed by atoms with Gasteiger partial charge < -0.3 is 10.1 Å². The first-order valence-electron chi connectivity index (χ1n) is 7.13. The van der Waals surface area contributed by atoms with E-state index in [4.69, 9.17) is 4.74 Å². The molecule has 0 aromatic heterocycles. The Morgan fingerprint density at radius 3 is 2.89 bits per heavy atom. The lowest BCUT2D eigenvalue weighted by molar-refractivity contribution is 0.185. The average molecular weight is 247 g/mol. The molecule has 1 N–H and O–H groups in total. The summed E-state index contributed by atoms with van der Waals surface area (Å²) in [5.41, 5.74) is 2.63. The minimum Gasteiger partial charge on any atom is -0.380 e. The molecular weight excluding hydrogens is 222 g/mol. The van der Waals surface area contributed by atoms with Crippen LogP contribution < -0.4 is 5.32 Å². The van der Waals surface area contributed by atoms with E-state index in [2.05, 4.69) is 36.5 Å². The van der Waals surface area contributed by atoms with E-state index >= 15 is 0 Å². The molecule has 2 heteroatoms. The highest BCUT2D eigenvalue weighted by Gasteiger charge is 2.24. The molecule has 2 rings (SSSR count). The molecule has 1 aromatic rings. The van der Waals surface area contributed by atoms with Crippen LogP contribution in [0.2, 0.25) is 0 Å². The number of methoxy groups -OCH3 is 1. The van der Waals surface area contributed by atoms with Gasteiger partial charge in [-0.05, 0) is 29.9 Å². The highest BCUT2D eigenvalue weighted by Crippen LogP contribution is 2.28. The summed E-state index contributed by atoms with van der Waals surface area (Å²) in [6.07, 6.45) is 5.44. The van der Waals surface area contributed by atoms with Crippen LogP contribution in [0.3, 0.4) is 0 Å². The molecule has 18 heavy (non-hydrogen) atoms. The Morgan fingerprint density at radius 1 is 1.28 bits per heavy atom. The molecule has 2 nitrogen and oxygen atoms in total. The zero-order valence-corrected chi connectivity index (χ0v) is 11.6. The van der Waals surface area contributed by atoms with E-state index in [1.807, 2.05) is 0 Å². The first-order valence-corrected chi connectivity index (χ1v) is 7.13. The van der Waals surface area contributed by atoms with Crippen molar-refractivity contribution in [3.63, 3.8) is 0 Å². The lowest BCUT2D eigenvalue weighted by Crippen LogP contribution is -2.31. The molecule has 1 saturated carbocycles. The third-order valence-electron chi connectivity index (χ3n) is 4.05. The number of nitrogens with one attached hydrogen (secondary N) is 1. The molecule has 1 fully saturated rings. The van der Waals surface area contributed by atoms with Gasteiger partial charge in [0.2, 0.25) is 0 Å². The summed E-state index contributed by atoms with van der Waals surface area (Å²) in [5.74, 6) is 0.882. The quantitative estimate of drug-likeness (QED) is 0.830. The van der Waals surface area contributed by atoms with Crippen LogP contribution in [0.15, 0.2) is 24.3 Å². The summed E-state index contributed by atoms with van der Waals surface area (Å²) in [5, 5.41) is 3.73. The van der Waals surface area contributed by atoms with Crippen molar-refractivity contribution >= 4 is 0 Å². The predicted octanol–water partition coefficient (Wildman–Crippen LogP) is 3.50. The smallest absolute Gasteiger partial charge is 0.0713 e. The Labute approximate surface area is 111 Å². The van der Waals surface area contributed by atoms with Crippen LogP contribution in [-0.2, 0) is 17.9 Å². The maximum Gasteiger partial charge on any atom is 0.0713 e. The zero-order chi connectivity index (χ0) is 12.8. The van der Waals surface area contributed by atoms with Gasteiger partial charge >= 0.3 is 0 Å². The van der Waals surface area contributed by atoms with Gasteiger partial charge in [-0.15, -0.1) is 0 Å². The second-order valence-electron chi connectivity index (χ2n) is 5.34. The number of rotatable bonds is 6. The van der Waals surface area contributed by atoms with E-state index in [0.717, 1.165) is 18.5 Å². The van der Waals surface area contributed by atoms with Crippen LogP contribution in [0.1, 0.15) is 43.7 Å². The maximum absolute atomic E-state index is 5.17. The molecular formula is C16H25NO. The lowest BCUT2D eigenvalue weighted by Gasteiger charge is -2.19. The third kappa shape index (κ3) is 3.56. The van der Waals surface area contributed by atoms with Gasteiger partial charge in [-0.2, -0.15) is 0 Å². The minimum atomic E-state index is 0.703. The summed E-state index contributed by atoms with van der Waals surface area (Å²) in [6.45, 7) is 4.00. The molecule has 1 aliphatic rings. The molecule has 0 spiro atoms. The number of ether oxygens (including phenoxy) is 1. The highest BCUT2D eigenvalue weighted by atomic mass is 16.5. The van der Waals surface area contributed by atoms with E-state index in [9.17, 15) is 0 Å². The van der Waals surface area contributed by atoms with Gasteiger partial charge in [-0.25, -0.2) is 0 Å². The second-order valence-corrected chi connectivity index (χ2v) is 5.34. The van der Waals surface area contributed by atoms with Crippen molar-refractivity contribution in [1.29, 1.82) is 0 Å². The molecule has 0 radical (unpaired) electrons. The van der Waals surface area contributed by atoms with Crippen molar-refractivity contribution in [2.75, 3.05) is 7.11 Å². The number of hydrogen-bond acceptors (Lipinski definition) is 2. The van der Waals surface area contributed by atoms with Crippen LogP contribution in [0.4, 0.5) is 0 Å². The van der Waals surface area contributed by atoms with E-state index in [0.29, 0.717) is 6.61 Å². The van der Waals surface area contributed by atoms with Crippen LogP contribution in [0.5, 0.6) is 0 Å². The van der Waals surface area contributed by atoms with Crippen molar-refractivity contribution in [2.45, 2.75) is 51.8 Å². The van der Waals surface area contributed by atoms with Gasteiger partial charge in [0, 0.05) is 19.7 Å². The summed E-state index contributed by atoms with van der Waals surface area (Å²) in [7, 11) is 1.75. The maximum atomic E-state index is 5.17. The fourth-order valence-electron chi connectivity index (χ4n) is 3.04. The Morgan fingerprint density at radius 2 is 2.11 bits per heavy atom. The molecule has 100 valence electrons. The first-order chi connectivity index (χ1) is 8.83. The van der Waals surface area contributed by atoms with E-state index in [-0.39, 0.29) is 0 Å². The van der Waals surface area contributed by atoms with Crippen molar-refractivity contribution in [3.8, 4) is 0 Å². The van der Waals surface area contributed by atoms with E-state index in [1.165, 1.54) is 36.8 Å². The van der Waals surface area contributed by atoms with Gasteiger partial charge in [-0.1, -0.05) is 44.0 Å². The number of benzene rings is 1. The number of hydrogen-bond donors (Lipinski definition) is 1. The van der Waals surface area contributed by atoms with Gasteiger partial charge in [0.05, 0.1) is 6.61 Å². The van der Waals surface area contributed by atoms with Gasteiger partial charge in [0.1, 0.15) is 0 Å². The average Bonchev–Trinajstić information content (AvgIpc) is 2.84. The predicted molar refractivity (Wildman–Crippen MR) is 75.4 cm³/mol. The molecule has 1 aromatic carbocycles. The van der Waals surface area contributed by atoms with Crippen molar-refractivity contribution < 1.29 is 4.74 Å². The van der Waals surface area contributed by atoms with Crippen LogP contribution in [-0.4, -0.2) is 13.2 Å². The summed E-state index contributed by atoms with van der Waals surface area (Å²) in [6, 6.07) is 9.41. The van der Waals surface area contributed by atoms with Crippen molar-refractivity contribution in [3.05, 3.63) is 35.4 Å². The molecule has 2 atom stereocenters. The van der Waals surface area contributed by atoms with Crippen LogP contribution >= 0.6 is 0 Å². The topological polar surface area (TPSA) is 21.3 Å². The minimum absolute atomic E-state index is 0.703. The Kier molecular flexibility index (Phi) is 5.21. The normalized spacial score (nSPS) is 23.4. The van der Waals surface area contributed by atoms with Crippen molar-refractivity contribution in [2.24, 2.45) is 5.92 Å². The first kappa shape index (κ1) is 13.6. The molecule has 0 saturated heterocycles. The summed E-state index contributed by atoms with van der Waals surface area (Å²) >= 11 is 0. The van der Waals surface area contributed by atoms with Crippen LogP contribution in [0, 0.1) is 5.92 Å². The van der Waals surface area contributed by atoms with Gasteiger partial charge in [0.15, 0.2) is 0 Å². The van der Waals surface area contributed by atoms with Gasteiger partial charge in [0.25, 0.3) is 0 Å². The molecule has 0 amide bonds. The Balaban J connectivity index is 1.87. The lowest BCUT2D eigenvalue weighted by atomic mass is 10.0. The second kappa shape index (κ2) is 6.91. The summed E-state index contributed by atoms with van der Waals surface area (Å²) in [4.78, 5) is 0. The van der Waals surface area contributed by atoms with Crippen molar-refractivity contribution in [1.82, 2.24) is 5.32 Å². The molecule has 2 unspecified atom stereocenters. The molecule has 0 bridgehead atoms. The van der Waals surface area contributed by atoms with Gasteiger partial charge in [-0.3, -0.25) is 0 Å². The Bertz CT molecular complexity index is 364. The largest absolute Gasteiger partial charge is 0.380 e. The van der Waals surface area contributed by atoms with E-state index in [1.54, 1.807) is 7.11 Å². The SMILES string of the molecule is CCC1CCCC1NCc1cccc(COC)c1. The van der Waals surface area contributed by atoms with Crippen LogP contribution in [0.25, 0.3) is 0 Å². The Hall–Kier alpha value is -0.860. The zero-order valence-electron chi connectivity index (χ0n) is 11.6. The fraction of sp³-hybridized carbons (Fsp3) is 0.625. The standard InChI is InChI=1S/C16H25NO/c1-3-15-8-5-9-16(15)17-11-13-6-4-7-14(10-13)12-18-2/h4,6-7,10,15-17H,3,5,8-9,11-12H2,1-2H3. The molecule has 0 aliphatic heterocycles. The fourth-order valence-corrected chi connectivity index (χ4v) is 3.04.